The fourth-order valence-corrected chi connectivity index (χ4v) is 12.8. The SMILES string of the molecule is C=CC[Si](CC=C)(CC=C)CCCOc1cc(C=C)cc(OCCC[Si](CC=C)(CC=C)CC=C)c1. The van der Waals surface area contributed by atoms with E-state index in [0.29, 0.717) is 13.2 Å². The molecule has 1 rings (SSSR count). The molecule has 2 nitrogen and oxygen atoms in total. The average Bonchev–Trinajstić information content (AvgIpc) is 2.85. The molecular weight excluding hydrogens is 473 g/mol. The molecule has 0 heterocycles. The lowest BCUT2D eigenvalue weighted by atomic mass is 10.2. The third-order valence-corrected chi connectivity index (χ3v) is 16.6. The Balaban J connectivity index is 2.73. The van der Waals surface area contributed by atoms with Crippen LogP contribution < -0.4 is 9.47 Å². The molecule has 0 saturated carbocycles. The summed E-state index contributed by atoms with van der Waals surface area (Å²) in [7, 11) is -3.02. The van der Waals surface area contributed by atoms with E-state index < -0.39 is 16.1 Å². The second-order valence-corrected chi connectivity index (χ2v) is 19.3. The Morgan fingerprint density at radius 1 is 0.528 bits per heavy atom. The lowest BCUT2D eigenvalue weighted by Gasteiger charge is -2.29. The van der Waals surface area contributed by atoms with Crippen molar-refractivity contribution in [3.8, 4) is 11.5 Å². The van der Waals surface area contributed by atoms with Crippen LogP contribution in [0.25, 0.3) is 6.08 Å². The predicted octanol–water partition coefficient (Wildman–Crippen LogP) is 9.88. The summed E-state index contributed by atoms with van der Waals surface area (Å²) in [4.78, 5) is 0. The molecule has 1 aromatic rings. The summed E-state index contributed by atoms with van der Waals surface area (Å²) in [6, 6.07) is 14.9. The minimum absolute atomic E-state index is 0.680. The first-order valence-corrected chi connectivity index (χ1v) is 18.8. The second kappa shape index (κ2) is 17.8. The third kappa shape index (κ3) is 11.0. The fourth-order valence-electron chi connectivity index (χ4n) is 5.10. The van der Waals surface area contributed by atoms with Gasteiger partial charge in [-0.05, 0) is 66.8 Å². The molecule has 4 heteroatoms. The van der Waals surface area contributed by atoms with Gasteiger partial charge in [0.05, 0.1) is 29.4 Å². The van der Waals surface area contributed by atoms with E-state index in [9.17, 15) is 0 Å². The Morgan fingerprint density at radius 2 is 0.861 bits per heavy atom. The van der Waals surface area contributed by atoms with Crippen molar-refractivity contribution in [3.05, 3.63) is 106 Å². The van der Waals surface area contributed by atoms with Crippen molar-refractivity contribution < 1.29 is 9.47 Å². The van der Waals surface area contributed by atoms with Crippen LogP contribution in [0.2, 0.25) is 48.4 Å². The molecule has 0 aromatic heterocycles. The molecule has 0 unspecified atom stereocenters. The van der Waals surface area contributed by atoms with E-state index in [1.165, 1.54) is 12.1 Å². The molecular formula is C32H48O2Si2. The minimum atomic E-state index is -1.51. The van der Waals surface area contributed by atoms with Gasteiger partial charge in [0.1, 0.15) is 11.5 Å². The number of rotatable bonds is 23. The standard InChI is InChI=1S/C32H48O2Si2/c1-8-19-35(20-9-2,21-10-3)25-15-17-33-31-27-30(14-7)28-32(29-31)34-18-16-26-36(22-11-4,23-12-5)24-13-6/h8-14,27-29H,1-7,15-26H2. The molecule has 0 aliphatic heterocycles. The number of benzene rings is 1. The summed E-state index contributed by atoms with van der Waals surface area (Å²) in [5, 5.41) is 0. The summed E-state index contributed by atoms with van der Waals surface area (Å²) in [6.45, 7) is 29.2. The van der Waals surface area contributed by atoms with E-state index in [2.05, 4.69) is 82.5 Å². The van der Waals surface area contributed by atoms with E-state index in [4.69, 9.17) is 9.47 Å². The van der Waals surface area contributed by atoms with E-state index in [1.54, 1.807) is 0 Å². The molecule has 0 aliphatic rings. The molecule has 0 fully saturated rings. The topological polar surface area (TPSA) is 18.5 Å². The van der Waals surface area contributed by atoms with Crippen molar-refractivity contribution in [1.29, 1.82) is 0 Å². The van der Waals surface area contributed by atoms with E-state index in [0.717, 1.165) is 66.2 Å². The van der Waals surface area contributed by atoms with Gasteiger partial charge in [0.15, 0.2) is 0 Å². The van der Waals surface area contributed by atoms with Crippen LogP contribution in [0.4, 0.5) is 0 Å². The van der Waals surface area contributed by atoms with Gasteiger partial charge in [0, 0.05) is 6.07 Å². The first-order chi connectivity index (χ1) is 17.5. The number of allylic oxidation sites excluding steroid dienone is 6. The lowest BCUT2D eigenvalue weighted by Crippen LogP contribution is -2.32. The Labute approximate surface area is 223 Å². The van der Waals surface area contributed by atoms with Gasteiger partial charge in [0.2, 0.25) is 0 Å². The first kappa shape index (κ1) is 31.5. The van der Waals surface area contributed by atoms with Crippen LogP contribution >= 0.6 is 0 Å². The zero-order valence-electron chi connectivity index (χ0n) is 22.5. The Hall–Kier alpha value is -2.57. The average molecular weight is 521 g/mol. The van der Waals surface area contributed by atoms with Crippen LogP contribution in [0.5, 0.6) is 11.5 Å². The van der Waals surface area contributed by atoms with E-state index >= 15 is 0 Å². The molecule has 196 valence electrons. The Kier molecular flexibility index (Phi) is 15.6. The molecule has 0 N–H and O–H groups in total. The lowest BCUT2D eigenvalue weighted by molar-refractivity contribution is 0.301. The number of hydrogen-bond donors (Lipinski definition) is 0. The molecule has 0 saturated heterocycles. The Morgan fingerprint density at radius 3 is 1.14 bits per heavy atom. The van der Waals surface area contributed by atoms with Crippen LogP contribution in [0, 0.1) is 0 Å². The van der Waals surface area contributed by atoms with Crippen LogP contribution in [0.3, 0.4) is 0 Å². The van der Waals surface area contributed by atoms with Crippen molar-refractivity contribution in [2.75, 3.05) is 13.2 Å². The zero-order chi connectivity index (χ0) is 26.7. The quantitative estimate of drug-likeness (QED) is 0.0812. The predicted molar refractivity (Wildman–Crippen MR) is 168 cm³/mol. The van der Waals surface area contributed by atoms with Gasteiger partial charge in [-0.1, -0.05) is 61.2 Å². The largest absolute Gasteiger partial charge is 0.493 e. The highest BCUT2D eigenvalue weighted by atomic mass is 28.3. The smallest absolute Gasteiger partial charge is 0.123 e. The van der Waals surface area contributed by atoms with Gasteiger partial charge in [-0.25, -0.2) is 0 Å². The maximum Gasteiger partial charge on any atom is 0.123 e. The van der Waals surface area contributed by atoms with E-state index in [1.807, 2.05) is 24.3 Å². The summed E-state index contributed by atoms with van der Waals surface area (Å²) in [5.41, 5.74) is 1.00. The normalized spacial score (nSPS) is 11.2. The van der Waals surface area contributed by atoms with Crippen LogP contribution in [0.15, 0.2) is 101 Å². The van der Waals surface area contributed by atoms with Gasteiger partial charge < -0.3 is 9.47 Å². The summed E-state index contributed by atoms with van der Waals surface area (Å²) in [6.07, 6.45) is 16.3. The molecule has 0 aliphatic carbocycles. The third-order valence-electron chi connectivity index (χ3n) is 6.84. The van der Waals surface area contributed by atoms with E-state index in [-0.39, 0.29) is 0 Å². The van der Waals surface area contributed by atoms with Gasteiger partial charge in [-0.2, -0.15) is 0 Å². The first-order valence-electron chi connectivity index (χ1n) is 13.1. The van der Waals surface area contributed by atoms with Gasteiger partial charge in [-0.15, -0.1) is 39.5 Å². The van der Waals surface area contributed by atoms with Crippen LogP contribution in [-0.2, 0) is 0 Å². The highest BCUT2D eigenvalue weighted by Crippen LogP contribution is 2.31. The van der Waals surface area contributed by atoms with Crippen molar-refractivity contribution in [2.45, 2.75) is 61.2 Å². The zero-order valence-corrected chi connectivity index (χ0v) is 24.5. The van der Waals surface area contributed by atoms with Crippen molar-refractivity contribution in [1.82, 2.24) is 0 Å². The van der Waals surface area contributed by atoms with Gasteiger partial charge >= 0.3 is 0 Å². The monoisotopic (exact) mass is 520 g/mol. The van der Waals surface area contributed by atoms with Crippen molar-refractivity contribution in [2.24, 2.45) is 0 Å². The maximum atomic E-state index is 6.17. The molecule has 0 radical (unpaired) electrons. The van der Waals surface area contributed by atoms with Crippen molar-refractivity contribution >= 4 is 22.2 Å². The number of ether oxygens (including phenoxy) is 2. The fraction of sp³-hybridized carbons (Fsp3) is 0.375. The molecule has 0 spiro atoms. The summed E-state index contributed by atoms with van der Waals surface area (Å²) >= 11 is 0. The maximum absolute atomic E-state index is 6.17. The summed E-state index contributed by atoms with van der Waals surface area (Å²) in [5.74, 6) is 1.67. The highest BCUT2D eigenvalue weighted by molar-refractivity contribution is 6.81. The second-order valence-electron chi connectivity index (χ2n) is 9.80. The number of hydrogen-bond acceptors (Lipinski definition) is 2. The molecule has 36 heavy (non-hydrogen) atoms. The molecule has 0 amide bonds. The molecule has 0 bridgehead atoms. The minimum Gasteiger partial charge on any atom is -0.493 e. The molecule has 1 aromatic carbocycles. The van der Waals surface area contributed by atoms with Gasteiger partial charge in [-0.3, -0.25) is 0 Å². The van der Waals surface area contributed by atoms with Crippen molar-refractivity contribution in [3.63, 3.8) is 0 Å². The van der Waals surface area contributed by atoms with Crippen LogP contribution in [0.1, 0.15) is 18.4 Å². The summed E-state index contributed by atoms with van der Waals surface area (Å²) < 4.78 is 12.3. The highest BCUT2D eigenvalue weighted by Gasteiger charge is 2.29. The van der Waals surface area contributed by atoms with Gasteiger partial charge in [0.25, 0.3) is 0 Å². The van der Waals surface area contributed by atoms with Crippen LogP contribution in [-0.4, -0.2) is 29.4 Å². The molecule has 0 atom stereocenters. The Bertz CT molecular complexity index is 754.